The first-order valence-electron chi connectivity index (χ1n) is 6.10. The van der Waals surface area contributed by atoms with Gasteiger partial charge >= 0.3 is 0 Å². The minimum atomic E-state index is 0.303. The monoisotopic (exact) mass is 250 g/mol. The van der Waals surface area contributed by atoms with Crippen molar-refractivity contribution in [3.8, 4) is 5.88 Å². The van der Waals surface area contributed by atoms with Crippen LogP contribution in [0.15, 0.2) is 12.1 Å². The Kier molecular flexibility index (Phi) is 3.94. The number of nitrogens with zero attached hydrogens (tertiary/aromatic N) is 1. The minimum Gasteiger partial charge on any atom is -0.474 e. The third-order valence-electron chi connectivity index (χ3n) is 3.05. The van der Waals surface area contributed by atoms with E-state index in [9.17, 15) is 0 Å². The first kappa shape index (κ1) is 12.3. The molecule has 3 nitrogen and oxygen atoms in total. The Bertz CT molecular complexity index is 414. The highest BCUT2D eigenvalue weighted by Crippen LogP contribution is 2.23. The Labute approximate surface area is 107 Å². The van der Waals surface area contributed by atoms with Crippen molar-refractivity contribution >= 4 is 17.2 Å². The molecule has 0 atom stereocenters. The number of ether oxygens (including phenoxy) is 1. The minimum absolute atomic E-state index is 0.303. The number of thiocarbonyl (C=S) groups is 1. The number of nitrogens with two attached hydrogens (primary N) is 1. The smallest absolute Gasteiger partial charge is 0.214 e. The quantitative estimate of drug-likeness (QED) is 0.838. The summed E-state index contributed by atoms with van der Waals surface area (Å²) < 4.78 is 5.90. The Balaban J connectivity index is 2.11. The predicted octanol–water partition coefficient (Wildman–Crippen LogP) is 2.74. The van der Waals surface area contributed by atoms with E-state index in [1.807, 2.05) is 19.1 Å². The fourth-order valence-electron chi connectivity index (χ4n) is 2.19. The molecule has 17 heavy (non-hydrogen) atoms. The number of hydrogen-bond acceptors (Lipinski definition) is 3. The highest BCUT2D eigenvalue weighted by atomic mass is 32.1. The largest absolute Gasteiger partial charge is 0.474 e. The van der Waals surface area contributed by atoms with Crippen LogP contribution in [0.5, 0.6) is 5.88 Å². The second-order valence-electron chi connectivity index (χ2n) is 4.58. The Hall–Kier alpha value is -1.16. The van der Waals surface area contributed by atoms with Crippen molar-refractivity contribution in [2.45, 2.75) is 45.1 Å². The third-order valence-corrected chi connectivity index (χ3v) is 3.29. The first-order chi connectivity index (χ1) is 8.15. The van der Waals surface area contributed by atoms with Gasteiger partial charge in [0.25, 0.3) is 0 Å². The molecule has 0 spiro atoms. The van der Waals surface area contributed by atoms with Gasteiger partial charge in [0.05, 0.1) is 0 Å². The molecule has 0 amide bonds. The molecule has 1 aromatic rings. The highest BCUT2D eigenvalue weighted by Gasteiger charge is 2.16. The van der Waals surface area contributed by atoms with E-state index in [2.05, 4.69) is 4.98 Å². The summed E-state index contributed by atoms with van der Waals surface area (Å²) in [7, 11) is 0. The van der Waals surface area contributed by atoms with Crippen LogP contribution in [-0.2, 0) is 0 Å². The Morgan fingerprint density at radius 1 is 1.35 bits per heavy atom. The standard InChI is InChI=1S/C13H18N2OS/c1-9-7-10(13(14)17)8-12(15-9)16-11-5-3-2-4-6-11/h7-8,11H,2-6H2,1H3,(H2,14,17). The van der Waals surface area contributed by atoms with E-state index < -0.39 is 0 Å². The van der Waals surface area contributed by atoms with Crippen LogP contribution in [0.3, 0.4) is 0 Å². The summed E-state index contributed by atoms with van der Waals surface area (Å²) in [5.74, 6) is 0.653. The molecule has 0 unspecified atom stereocenters. The predicted molar refractivity (Wildman–Crippen MR) is 72.4 cm³/mol. The van der Waals surface area contributed by atoms with Crippen molar-refractivity contribution in [1.82, 2.24) is 4.98 Å². The molecule has 92 valence electrons. The van der Waals surface area contributed by atoms with E-state index in [0.717, 1.165) is 24.1 Å². The second-order valence-corrected chi connectivity index (χ2v) is 5.02. The zero-order valence-corrected chi connectivity index (χ0v) is 10.9. The Morgan fingerprint density at radius 3 is 2.71 bits per heavy atom. The lowest BCUT2D eigenvalue weighted by molar-refractivity contribution is 0.148. The van der Waals surface area contributed by atoms with Gasteiger partial charge < -0.3 is 10.5 Å². The third kappa shape index (κ3) is 3.40. The van der Waals surface area contributed by atoms with Crippen LogP contribution < -0.4 is 10.5 Å². The first-order valence-corrected chi connectivity index (χ1v) is 6.51. The molecule has 0 bridgehead atoms. The van der Waals surface area contributed by atoms with Crippen LogP contribution in [0.25, 0.3) is 0 Å². The maximum absolute atomic E-state index is 5.90. The summed E-state index contributed by atoms with van der Waals surface area (Å²) in [5, 5.41) is 0. The fraction of sp³-hybridized carbons (Fsp3) is 0.538. The molecular formula is C13H18N2OS. The van der Waals surface area contributed by atoms with Crippen molar-refractivity contribution in [3.05, 3.63) is 23.4 Å². The van der Waals surface area contributed by atoms with Gasteiger partial charge in [-0.15, -0.1) is 0 Å². The van der Waals surface area contributed by atoms with E-state index in [4.69, 9.17) is 22.7 Å². The second kappa shape index (κ2) is 5.45. The molecule has 4 heteroatoms. The lowest BCUT2D eigenvalue weighted by Gasteiger charge is -2.22. The molecule has 2 N–H and O–H groups in total. The van der Waals surface area contributed by atoms with Crippen LogP contribution in [0.4, 0.5) is 0 Å². The van der Waals surface area contributed by atoms with Crippen LogP contribution >= 0.6 is 12.2 Å². The summed E-state index contributed by atoms with van der Waals surface area (Å²) >= 11 is 4.98. The zero-order valence-electron chi connectivity index (χ0n) is 10.1. The van der Waals surface area contributed by atoms with Crippen molar-refractivity contribution in [2.75, 3.05) is 0 Å². The van der Waals surface area contributed by atoms with Crippen LogP contribution in [-0.4, -0.2) is 16.1 Å². The molecule has 1 aromatic heterocycles. The topological polar surface area (TPSA) is 48.1 Å². The van der Waals surface area contributed by atoms with Crippen molar-refractivity contribution < 1.29 is 4.74 Å². The number of hydrogen-bond donors (Lipinski definition) is 1. The van der Waals surface area contributed by atoms with Gasteiger partial charge in [-0.3, -0.25) is 0 Å². The normalized spacial score (nSPS) is 16.8. The van der Waals surface area contributed by atoms with E-state index in [1.165, 1.54) is 19.3 Å². The van der Waals surface area contributed by atoms with Crippen LogP contribution in [0.1, 0.15) is 43.4 Å². The SMILES string of the molecule is Cc1cc(C(N)=S)cc(OC2CCCCC2)n1. The molecule has 1 fully saturated rings. The van der Waals surface area contributed by atoms with Crippen molar-refractivity contribution in [2.24, 2.45) is 5.73 Å². The molecule has 2 rings (SSSR count). The summed E-state index contributed by atoms with van der Waals surface area (Å²) in [5.41, 5.74) is 7.35. The zero-order chi connectivity index (χ0) is 12.3. The van der Waals surface area contributed by atoms with Gasteiger partial charge in [0, 0.05) is 17.3 Å². The molecule has 0 saturated heterocycles. The molecule has 1 heterocycles. The van der Waals surface area contributed by atoms with E-state index in [-0.39, 0.29) is 0 Å². The van der Waals surface area contributed by atoms with Crippen molar-refractivity contribution in [3.63, 3.8) is 0 Å². The van der Waals surface area contributed by atoms with Gasteiger partial charge in [0.2, 0.25) is 5.88 Å². The van der Waals surface area contributed by atoms with E-state index in [0.29, 0.717) is 17.0 Å². The van der Waals surface area contributed by atoms with Crippen molar-refractivity contribution in [1.29, 1.82) is 0 Å². The molecule has 1 aliphatic carbocycles. The van der Waals surface area contributed by atoms with Gasteiger partial charge in [-0.25, -0.2) is 4.98 Å². The van der Waals surface area contributed by atoms with Gasteiger partial charge in [0.1, 0.15) is 11.1 Å². The lowest BCUT2D eigenvalue weighted by Crippen LogP contribution is -2.20. The number of aromatic nitrogens is 1. The summed E-state index contributed by atoms with van der Waals surface area (Å²) in [6.07, 6.45) is 6.37. The fourth-order valence-corrected chi connectivity index (χ4v) is 2.31. The average molecular weight is 250 g/mol. The van der Waals surface area contributed by atoms with Gasteiger partial charge in [-0.1, -0.05) is 18.6 Å². The molecule has 0 aromatic carbocycles. The number of aryl methyl sites for hydroxylation is 1. The number of pyridine rings is 1. The van der Waals surface area contributed by atoms with Crippen LogP contribution in [0.2, 0.25) is 0 Å². The molecular weight excluding hydrogens is 232 g/mol. The highest BCUT2D eigenvalue weighted by molar-refractivity contribution is 7.80. The number of rotatable bonds is 3. The van der Waals surface area contributed by atoms with Gasteiger partial charge in [-0.2, -0.15) is 0 Å². The van der Waals surface area contributed by atoms with Crippen LogP contribution in [0, 0.1) is 6.92 Å². The maximum Gasteiger partial charge on any atom is 0.214 e. The molecule has 0 aliphatic heterocycles. The summed E-state index contributed by atoms with van der Waals surface area (Å²) in [6, 6.07) is 3.72. The molecule has 1 saturated carbocycles. The summed E-state index contributed by atoms with van der Waals surface area (Å²) in [4.78, 5) is 4.77. The van der Waals surface area contributed by atoms with Gasteiger partial charge in [-0.05, 0) is 38.7 Å². The maximum atomic E-state index is 5.90. The molecule has 1 aliphatic rings. The van der Waals surface area contributed by atoms with Gasteiger partial charge in [0.15, 0.2) is 0 Å². The molecule has 0 radical (unpaired) electrons. The van der Waals surface area contributed by atoms with E-state index >= 15 is 0 Å². The van der Waals surface area contributed by atoms with E-state index in [1.54, 1.807) is 0 Å². The summed E-state index contributed by atoms with van der Waals surface area (Å²) in [6.45, 7) is 1.93. The Morgan fingerprint density at radius 2 is 2.06 bits per heavy atom. The lowest BCUT2D eigenvalue weighted by atomic mass is 9.98. The average Bonchev–Trinajstić information content (AvgIpc) is 2.29.